The summed E-state index contributed by atoms with van der Waals surface area (Å²) in [7, 11) is 0. The van der Waals surface area contributed by atoms with Crippen molar-refractivity contribution in [3.63, 3.8) is 0 Å². The number of anilines is 1. The number of aromatic nitrogens is 2. The highest BCUT2D eigenvalue weighted by Gasteiger charge is 2.26. The van der Waals surface area contributed by atoms with E-state index in [-0.39, 0.29) is 6.03 Å². The molecule has 4 rings (SSSR count). The van der Waals surface area contributed by atoms with E-state index in [1.165, 1.54) is 0 Å². The number of nitrogens with zero attached hydrogens (tertiary/aromatic N) is 2. The van der Waals surface area contributed by atoms with Gasteiger partial charge >= 0.3 is 6.03 Å². The zero-order valence-corrected chi connectivity index (χ0v) is 16.2. The summed E-state index contributed by atoms with van der Waals surface area (Å²) < 4.78 is 11.6. The van der Waals surface area contributed by atoms with E-state index >= 15 is 0 Å². The molecule has 2 amide bonds. The molecule has 8 heteroatoms. The molecule has 3 heterocycles. The van der Waals surface area contributed by atoms with Gasteiger partial charge in [-0.15, -0.1) is 0 Å². The molecule has 0 aliphatic carbocycles. The number of rotatable bonds is 5. The molecule has 2 aromatic rings. The highest BCUT2D eigenvalue weighted by molar-refractivity contribution is 5.89. The molecule has 1 aromatic carbocycles. The number of hydrogen-bond acceptors (Lipinski definition) is 5. The normalized spacial score (nSPS) is 19.2. The number of amides is 2. The number of urea groups is 1. The van der Waals surface area contributed by atoms with Gasteiger partial charge < -0.3 is 20.1 Å². The number of carbonyl (C=O) groups is 1. The summed E-state index contributed by atoms with van der Waals surface area (Å²) in [6, 6.07) is 5.88. The highest BCUT2D eigenvalue weighted by Crippen LogP contribution is 2.36. The number of aromatic amines is 1. The molecule has 2 aliphatic rings. The third-order valence-corrected chi connectivity index (χ3v) is 5.21. The summed E-state index contributed by atoms with van der Waals surface area (Å²) >= 11 is 0. The molecule has 0 saturated carbocycles. The minimum atomic E-state index is -0.203. The van der Waals surface area contributed by atoms with Crippen LogP contribution in [0.3, 0.4) is 0 Å². The van der Waals surface area contributed by atoms with Crippen molar-refractivity contribution in [1.29, 1.82) is 0 Å². The van der Waals surface area contributed by atoms with Gasteiger partial charge in [0.05, 0.1) is 17.6 Å². The van der Waals surface area contributed by atoms with Crippen LogP contribution in [0.2, 0.25) is 0 Å². The maximum absolute atomic E-state index is 11.9. The summed E-state index contributed by atoms with van der Waals surface area (Å²) in [5.74, 6) is 2.00. The smallest absolute Gasteiger partial charge is 0.319 e. The van der Waals surface area contributed by atoms with Gasteiger partial charge in [0.1, 0.15) is 13.2 Å². The van der Waals surface area contributed by atoms with Crippen LogP contribution in [0.4, 0.5) is 10.5 Å². The van der Waals surface area contributed by atoms with Crippen molar-refractivity contribution >= 4 is 11.7 Å². The van der Waals surface area contributed by atoms with Crippen molar-refractivity contribution in [3.05, 3.63) is 35.7 Å². The standard InChI is InChI=1S/C20H27N5O3/c1-2-21-20(26)23-16-11-22-24-18(16)14-6-4-8-25(12-14)13-15-5-3-7-17-19(15)28-10-9-27-17/h3,5,7,11,14H,2,4,6,8-10,12-13H2,1H3,(H,22,24)(H2,21,23,26). The zero-order chi connectivity index (χ0) is 19.3. The number of H-pyrrole nitrogens is 1. The first-order valence-electron chi connectivity index (χ1n) is 9.92. The Balaban J connectivity index is 1.45. The fourth-order valence-corrected chi connectivity index (χ4v) is 3.97. The van der Waals surface area contributed by atoms with E-state index in [0.717, 1.165) is 60.9 Å². The van der Waals surface area contributed by atoms with Crippen molar-refractivity contribution in [1.82, 2.24) is 20.4 Å². The van der Waals surface area contributed by atoms with Crippen LogP contribution in [0.15, 0.2) is 24.4 Å². The number of hydrogen-bond donors (Lipinski definition) is 3. The summed E-state index contributed by atoms with van der Waals surface area (Å²) in [5.41, 5.74) is 2.90. The molecular formula is C20H27N5O3. The van der Waals surface area contributed by atoms with Crippen LogP contribution in [0.5, 0.6) is 11.5 Å². The second-order valence-electron chi connectivity index (χ2n) is 7.20. The Hall–Kier alpha value is -2.74. The number of carbonyl (C=O) groups excluding carboxylic acids is 1. The summed E-state index contributed by atoms with van der Waals surface area (Å²) in [6.45, 7) is 6.43. The lowest BCUT2D eigenvalue weighted by molar-refractivity contribution is 0.161. The van der Waals surface area contributed by atoms with Crippen LogP contribution in [0.1, 0.15) is 36.9 Å². The average Bonchev–Trinajstić information content (AvgIpc) is 3.17. The maximum Gasteiger partial charge on any atom is 0.319 e. The molecule has 3 N–H and O–H groups in total. The highest BCUT2D eigenvalue weighted by atomic mass is 16.6. The Morgan fingerprint density at radius 2 is 2.25 bits per heavy atom. The van der Waals surface area contributed by atoms with Gasteiger partial charge in [0, 0.05) is 31.1 Å². The number of piperidine rings is 1. The van der Waals surface area contributed by atoms with Crippen LogP contribution in [0, 0.1) is 0 Å². The van der Waals surface area contributed by atoms with Crippen molar-refractivity contribution < 1.29 is 14.3 Å². The molecule has 0 bridgehead atoms. The fraction of sp³-hybridized carbons (Fsp3) is 0.500. The van der Waals surface area contributed by atoms with E-state index in [9.17, 15) is 4.79 Å². The number of para-hydroxylation sites is 1. The third-order valence-electron chi connectivity index (χ3n) is 5.21. The summed E-state index contributed by atoms with van der Waals surface area (Å²) in [5, 5.41) is 12.9. The van der Waals surface area contributed by atoms with Crippen LogP contribution in [-0.2, 0) is 6.54 Å². The van der Waals surface area contributed by atoms with Gasteiger partial charge in [-0.25, -0.2) is 4.79 Å². The second-order valence-corrected chi connectivity index (χ2v) is 7.20. The first-order chi connectivity index (χ1) is 13.7. The zero-order valence-electron chi connectivity index (χ0n) is 16.2. The molecule has 1 aromatic heterocycles. The summed E-state index contributed by atoms with van der Waals surface area (Å²) in [6.07, 6.45) is 3.84. The predicted octanol–water partition coefficient (Wildman–Crippen LogP) is 2.70. The molecule has 1 unspecified atom stereocenters. The Labute approximate surface area is 164 Å². The Kier molecular flexibility index (Phi) is 5.66. The van der Waals surface area contributed by atoms with Crippen molar-refractivity contribution in [2.45, 2.75) is 32.2 Å². The largest absolute Gasteiger partial charge is 0.486 e. The quantitative estimate of drug-likeness (QED) is 0.736. The lowest BCUT2D eigenvalue weighted by atomic mass is 9.93. The van der Waals surface area contributed by atoms with Gasteiger partial charge in [0.25, 0.3) is 0 Å². The van der Waals surface area contributed by atoms with Gasteiger partial charge in [-0.3, -0.25) is 10.00 Å². The number of ether oxygens (including phenoxy) is 2. The lowest BCUT2D eigenvalue weighted by Crippen LogP contribution is -2.35. The molecule has 150 valence electrons. The molecule has 28 heavy (non-hydrogen) atoms. The molecule has 0 radical (unpaired) electrons. The van der Waals surface area contributed by atoms with Gasteiger partial charge in [0.2, 0.25) is 0 Å². The molecule has 1 atom stereocenters. The molecular weight excluding hydrogens is 358 g/mol. The van der Waals surface area contributed by atoms with Crippen molar-refractivity contribution in [3.8, 4) is 11.5 Å². The minimum absolute atomic E-state index is 0.203. The first-order valence-corrected chi connectivity index (χ1v) is 9.92. The Morgan fingerprint density at radius 1 is 1.36 bits per heavy atom. The van der Waals surface area contributed by atoms with Gasteiger partial charge in [-0.2, -0.15) is 5.10 Å². The average molecular weight is 385 g/mol. The summed E-state index contributed by atoms with van der Waals surface area (Å²) in [4.78, 5) is 14.3. The molecule has 1 saturated heterocycles. The van der Waals surface area contributed by atoms with Crippen LogP contribution in [-0.4, -0.2) is 54.0 Å². The second kappa shape index (κ2) is 8.52. The van der Waals surface area contributed by atoms with E-state index in [1.54, 1.807) is 6.20 Å². The van der Waals surface area contributed by atoms with Gasteiger partial charge in [-0.1, -0.05) is 12.1 Å². The predicted molar refractivity (Wildman–Crippen MR) is 106 cm³/mol. The molecule has 2 aliphatic heterocycles. The van der Waals surface area contributed by atoms with Crippen molar-refractivity contribution in [2.75, 3.05) is 38.2 Å². The van der Waals surface area contributed by atoms with Crippen LogP contribution in [0.25, 0.3) is 0 Å². The topological polar surface area (TPSA) is 91.5 Å². The molecule has 1 fully saturated rings. The Bertz CT molecular complexity index is 822. The fourth-order valence-electron chi connectivity index (χ4n) is 3.97. The number of nitrogens with one attached hydrogen (secondary N) is 3. The molecule has 8 nitrogen and oxygen atoms in total. The van der Waals surface area contributed by atoms with E-state index < -0.39 is 0 Å². The van der Waals surface area contributed by atoms with E-state index in [4.69, 9.17) is 9.47 Å². The van der Waals surface area contributed by atoms with Gasteiger partial charge in [-0.05, 0) is 32.4 Å². The lowest BCUT2D eigenvalue weighted by Gasteiger charge is -2.33. The number of benzene rings is 1. The number of fused-ring (bicyclic) bond motifs is 1. The van der Waals surface area contributed by atoms with E-state index in [2.05, 4.69) is 31.8 Å². The maximum atomic E-state index is 11.9. The monoisotopic (exact) mass is 385 g/mol. The van der Waals surface area contributed by atoms with E-state index in [0.29, 0.717) is 25.7 Å². The van der Waals surface area contributed by atoms with Crippen LogP contribution >= 0.6 is 0 Å². The SMILES string of the molecule is CCNC(=O)Nc1cn[nH]c1C1CCCN(Cc2cccc3c2OCCO3)C1. The third kappa shape index (κ3) is 4.06. The Morgan fingerprint density at radius 3 is 3.14 bits per heavy atom. The minimum Gasteiger partial charge on any atom is -0.486 e. The molecule has 0 spiro atoms. The van der Waals surface area contributed by atoms with Gasteiger partial charge in [0.15, 0.2) is 11.5 Å². The van der Waals surface area contributed by atoms with Crippen molar-refractivity contribution in [2.24, 2.45) is 0 Å². The first kappa shape index (κ1) is 18.6. The van der Waals surface area contributed by atoms with Crippen LogP contribution < -0.4 is 20.1 Å². The number of likely N-dealkylation sites (tertiary alicyclic amines) is 1. The van der Waals surface area contributed by atoms with E-state index in [1.807, 2.05) is 19.1 Å².